The van der Waals surface area contributed by atoms with E-state index in [9.17, 15) is 4.79 Å². The molecule has 0 aliphatic carbocycles. The molecule has 0 radical (unpaired) electrons. The topological polar surface area (TPSA) is 92.9 Å². The smallest absolute Gasteiger partial charge is 0.242 e. The third-order valence-electron chi connectivity index (χ3n) is 1.98. The Morgan fingerprint density at radius 3 is 3.00 bits per heavy atom. The molecule has 6 heteroatoms. The fourth-order valence-electron chi connectivity index (χ4n) is 1.14. The number of amides is 1. The molecule has 0 spiro atoms. The summed E-state index contributed by atoms with van der Waals surface area (Å²) in [6.07, 6.45) is 2.46. The lowest BCUT2D eigenvalue weighted by atomic mass is 10.3. The van der Waals surface area contributed by atoms with Gasteiger partial charge in [0.05, 0.1) is 0 Å². The van der Waals surface area contributed by atoms with Gasteiger partial charge in [0.2, 0.25) is 11.9 Å². The molecule has 0 saturated heterocycles. The number of nitrogens with zero attached hydrogens (tertiary/aromatic N) is 2. The fourth-order valence-corrected chi connectivity index (χ4v) is 1.14. The van der Waals surface area contributed by atoms with Crippen LogP contribution in [0.3, 0.4) is 0 Å². The lowest BCUT2D eigenvalue weighted by Crippen LogP contribution is -2.38. The molecule has 0 aliphatic rings. The summed E-state index contributed by atoms with van der Waals surface area (Å²) < 4.78 is 0. The van der Waals surface area contributed by atoms with Crippen molar-refractivity contribution in [3.63, 3.8) is 0 Å². The monoisotopic (exact) mass is 223 g/mol. The van der Waals surface area contributed by atoms with Crippen LogP contribution in [0.4, 0.5) is 11.8 Å². The van der Waals surface area contributed by atoms with Crippen molar-refractivity contribution in [3.8, 4) is 0 Å². The van der Waals surface area contributed by atoms with Gasteiger partial charge in [-0.25, -0.2) is 4.98 Å². The predicted molar refractivity (Wildman–Crippen MR) is 62.8 cm³/mol. The minimum atomic E-state index is -0.346. The maximum Gasteiger partial charge on any atom is 0.242 e. The highest BCUT2D eigenvalue weighted by atomic mass is 16.2. The van der Waals surface area contributed by atoms with E-state index in [-0.39, 0.29) is 17.9 Å². The van der Waals surface area contributed by atoms with Gasteiger partial charge in [-0.15, -0.1) is 0 Å². The maximum atomic E-state index is 11.5. The van der Waals surface area contributed by atoms with Gasteiger partial charge in [0.1, 0.15) is 11.9 Å². The number of rotatable bonds is 5. The molecule has 16 heavy (non-hydrogen) atoms. The minimum absolute atomic E-state index is 0.0565. The summed E-state index contributed by atoms with van der Waals surface area (Å²) in [6, 6.07) is 1.32. The molecular weight excluding hydrogens is 206 g/mol. The third-order valence-corrected chi connectivity index (χ3v) is 1.98. The molecule has 88 valence electrons. The van der Waals surface area contributed by atoms with Crippen molar-refractivity contribution in [1.82, 2.24) is 15.3 Å². The number of aromatic nitrogens is 2. The molecule has 1 aromatic rings. The zero-order valence-electron chi connectivity index (χ0n) is 9.53. The number of hydrogen-bond acceptors (Lipinski definition) is 5. The Morgan fingerprint density at radius 2 is 2.38 bits per heavy atom. The highest BCUT2D eigenvalue weighted by Gasteiger charge is 2.11. The van der Waals surface area contributed by atoms with Crippen LogP contribution < -0.4 is 16.4 Å². The molecule has 1 heterocycles. The molecule has 1 rings (SSSR count). The van der Waals surface area contributed by atoms with Crippen LogP contribution in [0, 0.1) is 0 Å². The van der Waals surface area contributed by atoms with Crippen LogP contribution in [0.15, 0.2) is 12.3 Å². The Morgan fingerprint density at radius 1 is 1.62 bits per heavy atom. The standard InChI is InChI=1S/C10H17N5O/c1-3-5-12-9(16)7(2)14-8-4-6-13-10(11)15-8/h4,6-7H,3,5H2,1-2H3,(H,12,16)(H3,11,13,14,15). The first-order chi connectivity index (χ1) is 7.63. The van der Waals surface area contributed by atoms with Crippen LogP contribution in [0.5, 0.6) is 0 Å². The molecule has 0 fully saturated rings. The third kappa shape index (κ3) is 3.72. The van der Waals surface area contributed by atoms with Gasteiger partial charge in [-0.3, -0.25) is 4.79 Å². The van der Waals surface area contributed by atoms with E-state index in [1.807, 2.05) is 6.92 Å². The van der Waals surface area contributed by atoms with E-state index in [4.69, 9.17) is 5.73 Å². The highest BCUT2D eigenvalue weighted by Crippen LogP contribution is 2.04. The quantitative estimate of drug-likeness (QED) is 0.671. The van der Waals surface area contributed by atoms with E-state index in [0.717, 1.165) is 6.42 Å². The van der Waals surface area contributed by atoms with Crippen LogP contribution in [-0.4, -0.2) is 28.5 Å². The van der Waals surface area contributed by atoms with Crippen LogP contribution in [0.2, 0.25) is 0 Å². The van der Waals surface area contributed by atoms with Gasteiger partial charge in [-0.05, 0) is 19.4 Å². The molecule has 1 atom stereocenters. The molecule has 1 unspecified atom stereocenters. The molecule has 0 aromatic carbocycles. The summed E-state index contributed by atoms with van der Waals surface area (Å²) in [7, 11) is 0. The van der Waals surface area contributed by atoms with Crippen LogP contribution in [0.25, 0.3) is 0 Å². The van der Waals surface area contributed by atoms with E-state index in [1.54, 1.807) is 19.2 Å². The number of hydrogen-bond donors (Lipinski definition) is 3. The van der Waals surface area contributed by atoms with E-state index < -0.39 is 0 Å². The van der Waals surface area contributed by atoms with Crippen molar-refractivity contribution in [2.24, 2.45) is 0 Å². The van der Waals surface area contributed by atoms with Crippen molar-refractivity contribution < 1.29 is 4.79 Å². The van der Waals surface area contributed by atoms with Gasteiger partial charge in [0.25, 0.3) is 0 Å². The summed E-state index contributed by atoms with van der Waals surface area (Å²) in [5.41, 5.74) is 5.43. The Kier molecular flexibility index (Phi) is 4.50. The van der Waals surface area contributed by atoms with E-state index in [1.165, 1.54) is 0 Å². The van der Waals surface area contributed by atoms with Gasteiger partial charge >= 0.3 is 0 Å². The molecule has 0 aliphatic heterocycles. The van der Waals surface area contributed by atoms with E-state index >= 15 is 0 Å². The zero-order valence-corrected chi connectivity index (χ0v) is 9.53. The first-order valence-corrected chi connectivity index (χ1v) is 5.26. The van der Waals surface area contributed by atoms with Crippen molar-refractivity contribution in [2.45, 2.75) is 26.3 Å². The Bertz CT molecular complexity index is 355. The number of nitrogen functional groups attached to an aromatic ring is 1. The van der Waals surface area contributed by atoms with E-state index in [2.05, 4.69) is 20.6 Å². The number of nitrogens with two attached hydrogens (primary N) is 1. The lowest BCUT2D eigenvalue weighted by molar-refractivity contribution is -0.121. The Balaban J connectivity index is 2.50. The molecule has 4 N–H and O–H groups in total. The maximum absolute atomic E-state index is 11.5. The average Bonchev–Trinajstić information content (AvgIpc) is 2.25. The predicted octanol–water partition coefficient (Wildman–Crippen LogP) is 0.385. The molecular formula is C10H17N5O. The first kappa shape index (κ1) is 12.2. The molecule has 0 bridgehead atoms. The molecule has 0 saturated carbocycles. The van der Waals surface area contributed by atoms with Crippen molar-refractivity contribution in [2.75, 3.05) is 17.6 Å². The summed E-state index contributed by atoms with van der Waals surface area (Å²) in [5.74, 6) is 0.678. The summed E-state index contributed by atoms with van der Waals surface area (Å²) >= 11 is 0. The molecule has 1 aromatic heterocycles. The normalized spacial score (nSPS) is 11.9. The van der Waals surface area contributed by atoms with Gasteiger partial charge in [0.15, 0.2) is 0 Å². The van der Waals surface area contributed by atoms with Gasteiger partial charge in [-0.1, -0.05) is 6.92 Å². The second kappa shape index (κ2) is 5.89. The van der Waals surface area contributed by atoms with Gasteiger partial charge in [0, 0.05) is 12.7 Å². The van der Waals surface area contributed by atoms with Crippen LogP contribution in [0.1, 0.15) is 20.3 Å². The largest absolute Gasteiger partial charge is 0.368 e. The van der Waals surface area contributed by atoms with Crippen molar-refractivity contribution >= 4 is 17.7 Å². The van der Waals surface area contributed by atoms with Gasteiger partial charge < -0.3 is 16.4 Å². The SMILES string of the molecule is CCCNC(=O)C(C)Nc1ccnc(N)n1. The fraction of sp³-hybridized carbons (Fsp3) is 0.500. The number of anilines is 2. The summed E-state index contributed by atoms with van der Waals surface area (Å²) in [4.78, 5) is 19.3. The van der Waals surface area contributed by atoms with Crippen molar-refractivity contribution in [3.05, 3.63) is 12.3 Å². The second-order valence-electron chi connectivity index (χ2n) is 3.46. The number of carbonyl (C=O) groups is 1. The Labute approximate surface area is 94.7 Å². The molecule has 6 nitrogen and oxygen atoms in total. The van der Waals surface area contributed by atoms with Crippen molar-refractivity contribution in [1.29, 1.82) is 0 Å². The second-order valence-corrected chi connectivity index (χ2v) is 3.46. The summed E-state index contributed by atoms with van der Waals surface area (Å²) in [5, 5.41) is 5.74. The lowest BCUT2D eigenvalue weighted by Gasteiger charge is -2.14. The van der Waals surface area contributed by atoms with Crippen LogP contribution in [-0.2, 0) is 4.79 Å². The highest BCUT2D eigenvalue weighted by molar-refractivity contribution is 5.83. The average molecular weight is 223 g/mol. The zero-order chi connectivity index (χ0) is 12.0. The van der Waals surface area contributed by atoms with E-state index in [0.29, 0.717) is 12.4 Å². The first-order valence-electron chi connectivity index (χ1n) is 5.26. The minimum Gasteiger partial charge on any atom is -0.368 e. The number of nitrogens with one attached hydrogen (secondary N) is 2. The van der Waals surface area contributed by atoms with Crippen LogP contribution >= 0.6 is 0 Å². The summed E-state index contributed by atoms with van der Waals surface area (Å²) in [6.45, 7) is 4.45. The number of carbonyl (C=O) groups excluding carboxylic acids is 1. The molecule has 1 amide bonds. The van der Waals surface area contributed by atoms with Gasteiger partial charge in [-0.2, -0.15) is 4.98 Å². The Hall–Kier alpha value is -1.85.